The third kappa shape index (κ3) is 3.95. The zero-order valence-corrected chi connectivity index (χ0v) is 12.4. The summed E-state index contributed by atoms with van der Waals surface area (Å²) in [7, 11) is 0. The average Bonchev–Trinajstić information content (AvgIpc) is 2.43. The van der Waals surface area contributed by atoms with E-state index in [0.717, 1.165) is 45.0 Å². The monoisotopic (exact) mass is 262 g/mol. The maximum atomic E-state index is 5.59. The van der Waals surface area contributed by atoms with Gasteiger partial charge in [-0.05, 0) is 44.4 Å². The summed E-state index contributed by atoms with van der Waals surface area (Å²) in [5.74, 6) is 1.01. The predicted molar refractivity (Wildman–Crippen MR) is 80.0 cm³/mol. The van der Waals surface area contributed by atoms with Gasteiger partial charge < -0.3 is 10.1 Å². The predicted octanol–water partition coefficient (Wildman–Crippen LogP) is 2.23. The minimum absolute atomic E-state index is 0.611. The van der Waals surface area contributed by atoms with Crippen molar-refractivity contribution in [2.24, 2.45) is 0 Å². The fraction of sp³-hybridized carbons (Fsp3) is 0.625. The van der Waals surface area contributed by atoms with Gasteiger partial charge in [-0.1, -0.05) is 12.1 Å². The second-order valence-electron chi connectivity index (χ2n) is 5.37. The van der Waals surface area contributed by atoms with Crippen molar-refractivity contribution in [3.63, 3.8) is 0 Å². The molecule has 1 aliphatic heterocycles. The van der Waals surface area contributed by atoms with Crippen LogP contribution in [0.5, 0.6) is 5.75 Å². The minimum Gasteiger partial charge on any atom is -0.494 e. The molecule has 0 aliphatic carbocycles. The van der Waals surface area contributed by atoms with Crippen molar-refractivity contribution in [2.45, 2.75) is 33.2 Å². The van der Waals surface area contributed by atoms with Crippen molar-refractivity contribution in [1.29, 1.82) is 0 Å². The molecule has 1 aromatic carbocycles. The maximum Gasteiger partial charge on any atom is 0.122 e. The van der Waals surface area contributed by atoms with Gasteiger partial charge in [0.1, 0.15) is 5.75 Å². The van der Waals surface area contributed by atoms with Crippen molar-refractivity contribution < 1.29 is 4.74 Å². The second kappa shape index (κ2) is 6.92. The van der Waals surface area contributed by atoms with Crippen molar-refractivity contribution in [2.75, 3.05) is 32.8 Å². The summed E-state index contributed by atoms with van der Waals surface area (Å²) in [6.07, 6.45) is 1.12. The number of hydrogen-bond acceptors (Lipinski definition) is 3. The quantitative estimate of drug-likeness (QED) is 0.880. The lowest BCUT2D eigenvalue weighted by Gasteiger charge is -2.33. The summed E-state index contributed by atoms with van der Waals surface area (Å²) in [6.45, 7) is 11.8. The van der Waals surface area contributed by atoms with Crippen LogP contribution in [0, 0.1) is 6.92 Å². The number of nitrogens with zero attached hydrogens (tertiary/aromatic N) is 1. The van der Waals surface area contributed by atoms with Crippen LogP contribution in [0.15, 0.2) is 18.2 Å². The molecule has 1 heterocycles. The SMILES string of the molecule is CCOc1ccc(CC(C)N2CCNCC2)cc1C. The Labute approximate surface area is 116 Å². The van der Waals surface area contributed by atoms with Gasteiger partial charge in [0.25, 0.3) is 0 Å². The summed E-state index contributed by atoms with van der Waals surface area (Å²) in [5.41, 5.74) is 2.65. The highest BCUT2D eigenvalue weighted by molar-refractivity contribution is 5.36. The van der Waals surface area contributed by atoms with E-state index in [-0.39, 0.29) is 0 Å². The molecule has 0 radical (unpaired) electrons. The molecule has 1 aromatic rings. The van der Waals surface area contributed by atoms with Gasteiger partial charge in [-0.15, -0.1) is 0 Å². The molecule has 19 heavy (non-hydrogen) atoms. The van der Waals surface area contributed by atoms with Gasteiger partial charge in [-0.2, -0.15) is 0 Å². The molecular weight excluding hydrogens is 236 g/mol. The Hall–Kier alpha value is -1.06. The van der Waals surface area contributed by atoms with Crippen LogP contribution in [-0.4, -0.2) is 43.7 Å². The van der Waals surface area contributed by atoms with Crippen molar-refractivity contribution in [3.05, 3.63) is 29.3 Å². The fourth-order valence-corrected chi connectivity index (χ4v) is 2.75. The average molecular weight is 262 g/mol. The van der Waals surface area contributed by atoms with E-state index in [0.29, 0.717) is 6.04 Å². The first-order valence-corrected chi connectivity index (χ1v) is 7.37. The molecule has 2 rings (SSSR count). The fourth-order valence-electron chi connectivity index (χ4n) is 2.75. The number of piperazine rings is 1. The van der Waals surface area contributed by atoms with Crippen LogP contribution < -0.4 is 10.1 Å². The molecule has 1 unspecified atom stereocenters. The first kappa shape index (κ1) is 14.4. The van der Waals surface area contributed by atoms with Gasteiger partial charge in [-0.3, -0.25) is 4.90 Å². The van der Waals surface area contributed by atoms with E-state index < -0.39 is 0 Å². The molecule has 1 atom stereocenters. The molecule has 0 aromatic heterocycles. The number of hydrogen-bond donors (Lipinski definition) is 1. The Morgan fingerprint density at radius 3 is 2.68 bits per heavy atom. The van der Waals surface area contributed by atoms with E-state index in [1.165, 1.54) is 11.1 Å². The molecule has 1 saturated heterocycles. The lowest BCUT2D eigenvalue weighted by Crippen LogP contribution is -2.48. The number of benzene rings is 1. The molecule has 0 spiro atoms. The molecule has 3 nitrogen and oxygen atoms in total. The molecule has 0 amide bonds. The van der Waals surface area contributed by atoms with E-state index in [9.17, 15) is 0 Å². The van der Waals surface area contributed by atoms with Crippen LogP contribution in [0.25, 0.3) is 0 Å². The van der Waals surface area contributed by atoms with E-state index in [1.807, 2.05) is 6.92 Å². The molecule has 0 saturated carbocycles. The molecule has 1 fully saturated rings. The third-order valence-corrected chi connectivity index (χ3v) is 3.85. The smallest absolute Gasteiger partial charge is 0.122 e. The van der Waals surface area contributed by atoms with E-state index >= 15 is 0 Å². The van der Waals surface area contributed by atoms with Crippen molar-refractivity contribution in [3.8, 4) is 5.75 Å². The van der Waals surface area contributed by atoms with Crippen LogP contribution in [0.4, 0.5) is 0 Å². The van der Waals surface area contributed by atoms with Gasteiger partial charge in [-0.25, -0.2) is 0 Å². The zero-order chi connectivity index (χ0) is 13.7. The highest BCUT2D eigenvalue weighted by Crippen LogP contribution is 2.20. The van der Waals surface area contributed by atoms with E-state index in [2.05, 4.69) is 42.3 Å². The first-order valence-electron chi connectivity index (χ1n) is 7.37. The molecule has 1 aliphatic rings. The Bertz CT molecular complexity index is 400. The van der Waals surface area contributed by atoms with Gasteiger partial charge in [0.2, 0.25) is 0 Å². The van der Waals surface area contributed by atoms with E-state index in [1.54, 1.807) is 0 Å². The van der Waals surface area contributed by atoms with Crippen LogP contribution in [-0.2, 0) is 6.42 Å². The van der Waals surface area contributed by atoms with Gasteiger partial charge >= 0.3 is 0 Å². The zero-order valence-electron chi connectivity index (χ0n) is 12.4. The van der Waals surface area contributed by atoms with Crippen LogP contribution >= 0.6 is 0 Å². The Morgan fingerprint density at radius 1 is 1.32 bits per heavy atom. The first-order chi connectivity index (χ1) is 9.20. The molecular formula is C16H26N2O. The lowest BCUT2D eigenvalue weighted by molar-refractivity contribution is 0.183. The lowest BCUT2D eigenvalue weighted by atomic mass is 10.0. The van der Waals surface area contributed by atoms with Crippen LogP contribution in [0.3, 0.4) is 0 Å². The summed E-state index contributed by atoms with van der Waals surface area (Å²) in [4.78, 5) is 2.57. The third-order valence-electron chi connectivity index (χ3n) is 3.85. The number of aryl methyl sites for hydroxylation is 1. The Balaban J connectivity index is 1.96. The minimum atomic E-state index is 0.611. The molecule has 0 bridgehead atoms. The molecule has 1 N–H and O–H groups in total. The standard InChI is InChI=1S/C16H26N2O/c1-4-19-16-6-5-15(11-13(16)2)12-14(3)18-9-7-17-8-10-18/h5-6,11,14,17H,4,7-10,12H2,1-3H3. The van der Waals surface area contributed by atoms with Gasteiger partial charge in [0.05, 0.1) is 6.61 Å². The highest BCUT2D eigenvalue weighted by atomic mass is 16.5. The van der Waals surface area contributed by atoms with Crippen LogP contribution in [0.1, 0.15) is 25.0 Å². The van der Waals surface area contributed by atoms with Crippen molar-refractivity contribution >= 4 is 0 Å². The molecule has 3 heteroatoms. The van der Waals surface area contributed by atoms with E-state index in [4.69, 9.17) is 4.74 Å². The summed E-state index contributed by atoms with van der Waals surface area (Å²) in [6, 6.07) is 7.19. The second-order valence-corrected chi connectivity index (χ2v) is 5.37. The summed E-state index contributed by atoms with van der Waals surface area (Å²) < 4.78 is 5.59. The maximum absolute atomic E-state index is 5.59. The number of rotatable bonds is 5. The number of nitrogens with one attached hydrogen (secondary N) is 1. The van der Waals surface area contributed by atoms with Gasteiger partial charge in [0, 0.05) is 32.2 Å². The summed E-state index contributed by atoms with van der Waals surface area (Å²) in [5, 5.41) is 3.41. The Morgan fingerprint density at radius 2 is 2.05 bits per heavy atom. The Kier molecular flexibility index (Phi) is 5.23. The van der Waals surface area contributed by atoms with Gasteiger partial charge in [0.15, 0.2) is 0 Å². The highest BCUT2D eigenvalue weighted by Gasteiger charge is 2.16. The number of ether oxygens (including phenoxy) is 1. The molecule has 106 valence electrons. The topological polar surface area (TPSA) is 24.5 Å². The summed E-state index contributed by atoms with van der Waals surface area (Å²) >= 11 is 0. The van der Waals surface area contributed by atoms with Crippen molar-refractivity contribution in [1.82, 2.24) is 10.2 Å². The largest absolute Gasteiger partial charge is 0.494 e. The van der Waals surface area contributed by atoms with Crippen LogP contribution in [0.2, 0.25) is 0 Å². The normalized spacial score (nSPS) is 18.3.